The first-order valence-corrected chi connectivity index (χ1v) is 11.7. The molecule has 0 radical (unpaired) electrons. The lowest BCUT2D eigenvalue weighted by atomic mass is 9.83. The number of aromatic nitrogens is 2. The third kappa shape index (κ3) is 3.11. The molecule has 1 spiro atoms. The zero-order chi connectivity index (χ0) is 20.8. The van der Waals surface area contributed by atoms with Gasteiger partial charge in [0.2, 0.25) is 0 Å². The van der Waals surface area contributed by atoms with E-state index in [2.05, 4.69) is 9.97 Å². The number of likely N-dealkylation sites (tertiary alicyclic amines) is 1. The van der Waals surface area contributed by atoms with Crippen LogP contribution >= 0.6 is 0 Å². The predicted molar refractivity (Wildman–Crippen MR) is 113 cm³/mol. The second kappa shape index (κ2) is 7.21. The van der Waals surface area contributed by atoms with Gasteiger partial charge in [-0.2, -0.15) is 0 Å². The van der Waals surface area contributed by atoms with Crippen LogP contribution in [0.5, 0.6) is 0 Å². The lowest BCUT2D eigenvalue weighted by Gasteiger charge is -2.49. The van der Waals surface area contributed by atoms with Gasteiger partial charge >= 0.3 is 0 Å². The molecule has 2 fully saturated rings. The van der Waals surface area contributed by atoms with Crippen molar-refractivity contribution in [1.29, 1.82) is 0 Å². The molecule has 5 rings (SSSR count). The predicted octanol–water partition coefficient (Wildman–Crippen LogP) is 2.41. The van der Waals surface area contributed by atoms with E-state index in [1.807, 2.05) is 48.5 Å². The van der Waals surface area contributed by atoms with Crippen LogP contribution in [-0.2, 0) is 21.2 Å². The van der Waals surface area contributed by atoms with Gasteiger partial charge in [0.15, 0.2) is 9.84 Å². The fourth-order valence-corrected chi connectivity index (χ4v) is 7.00. The Morgan fingerprint density at radius 3 is 2.77 bits per heavy atom. The summed E-state index contributed by atoms with van der Waals surface area (Å²) < 4.78 is 30.6. The molecule has 2 aliphatic rings. The Kier molecular flexibility index (Phi) is 4.63. The summed E-state index contributed by atoms with van der Waals surface area (Å²) in [4.78, 5) is 21.9. The summed E-state index contributed by atoms with van der Waals surface area (Å²) in [5.74, 6) is -0.121. The summed E-state index contributed by atoms with van der Waals surface area (Å²) in [6, 6.07) is 15.1. The van der Waals surface area contributed by atoms with Crippen LogP contribution in [0.3, 0.4) is 0 Å². The van der Waals surface area contributed by atoms with Gasteiger partial charge in [0, 0.05) is 36.1 Å². The second-order valence-corrected chi connectivity index (χ2v) is 10.6. The van der Waals surface area contributed by atoms with Crippen LogP contribution in [0, 0.1) is 5.92 Å². The molecule has 8 heteroatoms. The van der Waals surface area contributed by atoms with Gasteiger partial charge in [-0.15, -0.1) is 0 Å². The molecule has 0 saturated carbocycles. The number of nitrogens with zero attached hydrogens (tertiary/aromatic N) is 2. The molecular weight excluding hydrogens is 402 g/mol. The van der Waals surface area contributed by atoms with E-state index < -0.39 is 14.6 Å². The van der Waals surface area contributed by atoms with E-state index in [-0.39, 0.29) is 30.7 Å². The van der Waals surface area contributed by atoms with Crippen molar-refractivity contribution in [3.63, 3.8) is 0 Å². The number of benzene rings is 1. The summed E-state index contributed by atoms with van der Waals surface area (Å²) >= 11 is 0. The largest absolute Gasteiger partial charge is 0.375 e. The number of hydrogen-bond acceptors (Lipinski definition) is 5. The minimum absolute atomic E-state index is 0.113. The Labute approximate surface area is 175 Å². The molecule has 0 bridgehead atoms. The van der Waals surface area contributed by atoms with E-state index in [0.717, 1.165) is 16.6 Å². The van der Waals surface area contributed by atoms with Gasteiger partial charge in [-0.25, -0.2) is 8.42 Å². The SMILES string of the molecule is O=C(c1cc2ccccc2[nH]1)N1CC2(C1)C(COCc1ccccn1)CCS2(=O)=O. The van der Waals surface area contributed by atoms with Crippen LogP contribution < -0.4 is 0 Å². The first kappa shape index (κ1) is 19.3. The van der Waals surface area contributed by atoms with E-state index in [9.17, 15) is 13.2 Å². The summed E-state index contributed by atoms with van der Waals surface area (Å²) in [5.41, 5.74) is 2.20. The standard InChI is InChI=1S/C22H23N3O4S/c26-21(20-11-16-5-1-2-7-19(16)24-20)25-14-22(15-25)17(8-10-30(22,27)28)12-29-13-18-6-3-4-9-23-18/h1-7,9,11,17,24H,8,10,12-15H2. The Bertz CT molecular complexity index is 1150. The maximum Gasteiger partial charge on any atom is 0.270 e. The monoisotopic (exact) mass is 425 g/mol. The number of H-pyrrole nitrogens is 1. The quantitative estimate of drug-likeness (QED) is 0.678. The van der Waals surface area contributed by atoms with Crippen LogP contribution in [-0.4, -0.2) is 59.4 Å². The summed E-state index contributed by atoms with van der Waals surface area (Å²) in [6.07, 6.45) is 2.28. The van der Waals surface area contributed by atoms with Gasteiger partial charge in [0.1, 0.15) is 10.4 Å². The van der Waals surface area contributed by atoms with E-state index in [4.69, 9.17) is 4.74 Å². The fourth-order valence-electron chi connectivity index (χ4n) is 4.60. The number of sulfone groups is 1. The highest BCUT2D eigenvalue weighted by atomic mass is 32.2. The van der Waals surface area contributed by atoms with Gasteiger partial charge in [0.05, 0.1) is 24.7 Å². The van der Waals surface area contributed by atoms with E-state index in [1.165, 1.54) is 0 Å². The number of pyridine rings is 1. The molecule has 0 aliphatic carbocycles. The molecule has 1 amide bonds. The number of amides is 1. The minimum Gasteiger partial charge on any atom is -0.375 e. The smallest absolute Gasteiger partial charge is 0.270 e. The molecule has 30 heavy (non-hydrogen) atoms. The number of aromatic amines is 1. The number of rotatable bonds is 5. The first-order chi connectivity index (χ1) is 14.5. The van der Waals surface area contributed by atoms with Crippen LogP contribution in [0.4, 0.5) is 0 Å². The molecule has 1 unspecified atom stereocenters. The van der Waals surface area contributed by atoms with Gasteiger partial charge in [-0.1, -0.05) is 24.3 Å². The molecule has 7 nitrogen and oxygen atoms in total. The number of nitrogens with one attached hydrogen (secondary N) is 1. The maximum absolute atomic E-state index is 12.9. The molecule has 1 aromatic carbocycles. The Morgan fingerprint density at radius 1 is 1.20 bits per heavy atom. The Morgan fingerprint density at radius 2 is 2.00 bits per heavy atom. The third-order valence-corrected chi connectivity index (χ3v) is 8.96. The molecular formula is C22H23N3O4S. The highest BCUT2D eigenvalue weighted by molar-refractivity contribution is 7.93. The van der Waals surface area contributed by atoms with Crippen LogP contribution in [0.25, 0.3) is 10.9 Å². The zero-order valence-corrected chi connectivity index (χ0v) is 17.3. The molecule has 3 aromatic rings. The topological polar surface area (TPSA) is 92.4 Å². The van der Waals surface area contributed by atoms with E-state index >= 15 is 0 Å². The van der Waals surface area contributed by atoms with Crippen molar-refractivity contribution in [2.75, 3.05) is 25.4 Å². The van der Waals surface area contributed by atoms with Crippen LogP contribution in [0.1, 0.15) is 22.6 Å². The van der Waals surface area contributed by atoms with Gasteiger partial charge in [-0.3, -0.25) is 9.78 Å². The van der Waals surface area contributed by atoms with Crippen molar-refractivity contribution in [2.45, 2.75) is 17.8 Å². The molecule has 2 aliphatic heterocycles. The molecule has 1 atom stereocenters. The van der Waals surface area contributed by atoms with Crippen molar-refractivity contribution < 1.29 is 17.9 Å². The van der Waals surface area contributed by atoms with Gasteiger partial charge in [0.25, 0.3) is 5.91 Å². The number of fused-ring (bicyclic) bond motifs is 1. The molecule has 4 heterocycles. The van der Waals surface area contributed by atoms with Crippen LogP contribution in [0.15, 0.2) is 54.7 Å². The molecule has 2 aromatic heterocycles. The van der Waals surface area contributed by atoms with Gasteiger partial charge < -0.3 is 14.6 Å². The molecule has 1 N–H and O–H groups in total. The molecule has 2 saturated heterocycles. The average molecular weight is 426 g/mol. The first-order valence-electron chi connectivity index (χ1n) is 10.1. The molecule has 156 valence electrons. The summed E-state index contributed by atoms with van der Waals surface area (Å²) in [6.45, 7) is 1.15. The number of hydrogen-bond donors (Lipinski definition) is 1. The number of ether oxygens (including phenoxy) is 1. The lowest BCUT2D eigenvalue weighted by Crippen LogP contribution is -2.68. The van der Waals surface area contributed by atoms with Crippen molar-refractivity contribution in [3.8, 4) is 0 Å². The number of carbonyl (C=O) groups is 1. The Balaban J connectivity index is 1.27. The fraction of sp³-hybridized carbons (Fsp3) is 0.364. The van der Waals surface area contributed by atoms with Crippen molar-refractivity contribution in [2.24, 2.45) is 5.92 Å². The minimum atomic E-state index is -3.27. The highest BCUT2D eigenvalue weighted by Crippen LogP contribution is 2.45. The van der Waals surface area contributed by atoms with E-state index in [1.54, 1.807) is 11.1 Å². The van der Waals surface area contributed by atoms with Crippen molar-refractivity contribution >= 4 is 26.6 Å². The third-order valence-electron chi connectivity index (χ3n) is 6.36. The number of carbonyl (C=O) groups excluding carboxylic acids is 1. The maximum atomic E-state index is 12.9. The van der Waals surface area contributed by atoms with Crippen molar-refractivity contribution in [3.05, 3.63) is 66.1 Å². The zero-order valence-electron chi connectivity index (χ0n) is 16.5. The lowest BCUT2D eigenvalue weighted by molar-refractivity contribution is 0.0201. The van der Waals surface area contributed by atoms with Gasteiger partial charge in [-0.05, 0) is 30.7 Å². The average Bonchev–Trinajstić information content (AvgIpc) is 3.26. The van der Waals surface area contributed by atoms with Crippen molar-refractivity contribution in [1.82, 2.24) is 14.9 Å². The summed E-state index contributed by atoms with van der Waals surface area (Å²) in [5, 5.41) is 0.963. The normalized spacial score (nSPS) is 21.7. The summed E-state index contributed by atoms with van der Waals surface area (Å²) in [7, 11) is -3.27. The van der Waals surface area contributed by atoms with E-state index in [0.29, 0.717) is 25.3 Å². The second-order valence-electron chi connectivity index (χ2n) is 8.14. The Hall–Kier alpha value is -2.71. The highest BCUT2D eigenvalue weighted by Gasteiger charge is 2.62. The van der Waals surface area contributed by atoms with Crippen LogP contribution in [0.2, 0.25) is 0 Å². The number of para-hydroxylation sites is 1.